The number of benzene rings is 6. The molecule has 0 spiro atoms. The van der Waals surface area contributed by atoms with Crippen LogP contribution in [-0.4, -0.2) is 148 Å². The second kappa shape index (κ2) is 33.7. The molecule has 20 nitrogen and oxygen atoms in total. The Morgan fingerprint density at radius 1 is 0.708 bits per heavy atom. The van der Waals surface area contributed by atoms with E-state index in [9.17, 15) is 43.1 Å². The molecule has 1 aliphatic carbocycles. The van der Waals surface area contributed by atoms with Crippen molar-refractivity contribution in [2.24, 2.45) is 5.92 Å². The van der Waals surface area contributed by atoms with Crippen LogP contribution in [0.3, 0.4) is 0 Å². The Labute approximate surface area is 564 Å². The molecular formula is C74H86ClFN11O9+. The predicted octanol–water partition coefficient (Wildman–Crippen LogP) is 9.08. The van der Waals surface area contributed by atoms with Crippen LogP contribution >= 0.6 is 11.6 Å². The van der Waals surface area contributed by atoms with Crippen LogP contribution in [0.25, 0.3) is 33.4 Å². The summed E-state index contributed by atoms with van der Waals surface area (Å²) in [4.78, 5) is 101. The van der Waals surface area contributed by atoms with Crippen molar-refractivity contribution >= 4 is 69.5 Å². The van der Waals surface area contributed by atoms with Crippen molar-refractivity contribution in [3.8, 4) is 22.5 Å². The van der Waals surface area contributed by atoms with Crippen molar-refractivity contribution in [1.82, 2.24) is 50.6 Å². The topological polar surface area (TPSA) is 244 Å². The average Bonchev–Trinajstić information content (AvgIpc) is 0.802. The highest BCUT2D eigenvalue weighted by molar-refractivity contribution is 6.33. The molecule has 96 heavy (non-hydrogen) atoms. The van der Waals surface area contributed by atoms with E-state index in [0.717, 1.165) is 82.8 Å². The van der Waals surface area contributed by atoms with E-state index in [0.29, 0.717) is 79.9 Å². The lowest BCUT2D eigenvalue weighted by Gasteiger charge is -2.35. The summed E-state index contributed by atoms with van der Waals surface area (Å²) < 4.78 is 24.0. The van der Waals surface area contributed by atoms with Gasteiger partial charge >= 0.3 is 0 Å². The first-order valence-corrected chi connectivity index (χ1v) is 33.6. The van der Waals surface area contributed by atoms with Gasteiger partial charge in [-0.1, -0.05) is 110 Å². The number of unbranched alkanes of at least 4 members (excludes halogenated alkanes) is 2. The molecule has 1 unspecified atom stereocenters. The van der Waals surface area contributed by atoms with Gasteiger partial charge in [-0.2, -0.15) is 0 Å². The molecule has 1 fully saturated rings. The SMILES string of the molecule is CCN(CC)c1ccc2c(-c3ccccc3C(=O)N3CCN(C(=O)CCC(=O)NCCCCCC(=O)N[C@@H](Cc4ccc(C(=O)c5ccccc5)cc4)C(=O)NCc4cn(CC(O)[C@@H](NC(=O)c5ccc(F)cc5Cl)C(C)C)nn4)CC3)c3ccc(=[N+](CC)CC)cc-3oc2c1. The van der Waals surface area contributed by atoms with E-state index in [1.54, 1.807) is 64.5 Å². The number of rotatable bonds is 30. The highest BCUT2D eigenvalue weighted by Crippen LogP contribution is 2.42. The van der Waals surface area contributed by atoms with E-state index < -0.39 is 35.8 Å². The van der Waals surface area contributed by atoms with Gasteiger partial charge in [0.25, 0.3) is 11.8 Å². The van der Waals surface area contributed by atoms with Crippen LogP contribution in [0, 0.1) is 11.7 Å². The fourth-order valence-corrected chi connectivity index (χ4v) is 12.5. The molecular weight excluding hydrogens is 1240 g/mol. The summed E-state index contributed by atoms with van der Waals surface area (Å²) in [7, 11) is 0. The summed E-state index contributed by atoms with van der Waals surface area (Å²) >= 11 is 6.12. The summed E-state index contributed by atoms with van der Waals surface area (Å²) in [6.45, 7) is 17.1. The summed E-state index contributed by atoms with van der Waals surface area (Å²) in [5.74, 6) is -2.26. The maximum absolute atomic E-state index is 14.6. The number of halogens is 2. The van der Waals surface area contributed by atoms with Crippen molar-refractivity contribution in [2.75, 3.05) is 63.8 Å². The number of hydrogen-bond acceptors (Lipinski definition) is 12. The molecule has 1 aromatic heterocycles. The Hall–Kier alpha value is -9.60. The molecule has 5 N–H and O–H groups in total. The number of carbonyl (C=O) groups is 7. The third-order valence-corrected chi connectivity index (χ3v) is 17.9. The van der Waals surface area contributed by atoms with Crippen molar-refractivity contribution in [3.63, 3.8) is 0 Å². The van der Waals surface area contributed by atoms with Crippen LogP contribution in [0.4, 0.5) is 10.1 Å². The van der Waals surface area contributed by atoms with Crippen molar-refractivity contribution in [1.29, 1.82) is 0 Å². The Bertz CT molecular complexity index is 4080. The van der Waals surface area contributed by atoms with Gasteiger partial charge in [0.15, 0.2) is 5.78 Å². The maximum atomic E-state index is 14.6. The zero-order chi connectivity index (χ0) is 68.4. The summed E-state index contributed by atoms with van der Waals surface area (Å²) in [5.41, 5.74) is 7.05. The molecule has 9 rings (SSSR count). The fourth-order valence-electron chi connectivity index (χ4n) is 12.2. The van der Waals surface area contributed by atoms with Gasteiger partial charge in [-0.15, -0.1) is 5.10 Å². The van der Waals surface area contributed by atoms with Gasteiger partial charge in [0, 0.05) is 123 Å². The van der Waals surface area contributed by atoms with Gasteiger partial charge in [-0.05, 0) is 100 Å². The number of amides is 6. The monoisotopic (exact) mass is 1330 g/mol. The number of fused-ring (bicyclic) bond motifs is 2. The second-order valence-corrected chi connectivity index (χ2v) is 24.8. The summed E-state index contributed by atoms with van der Waals surface area (Å²) in [5, 5.41) is 32.8. The zero-order valence-electron chi connectivity index (χ0n) is 55.4. The Morgan fingerprint density at radius 2 is 1.42 bits per heavy atom. The summed E-state index contributed by atoms with van der Waals surface area (Å²) in [6, 6.07) is 37.6. The first-order chi connectivity index (χ1) is 46.4. The molecule has 5 aromatic carbocycles. The molecule has 504 valence electrons. The minimum absolute atomic E-state index is 0.0000370. The van der Waals surface area contributed by atoms with Gasteiger partial charge in [-0.3, -0.25) is 33.6 Å². The third-order valence-electron chi connectivity index (χ3n) is 17.6. The van der Waals surface area contributed by atoms with Gasteiger partial charge in [0.2, 0.25) is 29.0 Å². The average molecular weight is 1330 g/mol. The normalized spacial score (nSPS) is 13.3. The minimum Gasteiger partial charge on any atom is -0.456 e. The number of piperazine rings is 1. The number of nitrogens with one attached hydrogen (secondary N) is 4. The molecule has 0 bridgehead atoms. The number of ketones is 1. The maximum Gasteiger partial charge on any atom is 0.254 e. The molecule has 6 amide bonds. The Kier molecular flexibility index (Phi) is 24.8. The van der Waals surface area contributed by atoms with Crippen LogP contribution in [-0.2, 0) is 38.7 Å². The standard InChI is InChI=1S/C74H85ClFN11O9/c1-7-83(8-2)54-29-32-59-64(43-54)96-65-44-55(84(9-3)10-4)30-33-60(65)69(59)56-21-16-17-22-57(56)74(95)86-39-37-85(38-40-86)68(91)35-34-66(89)77-36-18-12-15-23-67(90)79-62(41-49-24-26-51(27-25-49)71(92)50-19-13-11-14-20-50)73(94)78-45-53-46-87(82-81-53)47-63(88)70(48(5)6)80-72(93)58-31-28-52(76)42-61(58)75/h11,13-14,16-17,19-22,24-33,42-44,46,48,62-63,70,88H,7-10,12,15,18,23,34-41,45,47H2,1-6H3,(H3-,77,78,79,80,89,90,93,94)/p+1/t62-,63?,70-/m0/s1. The summed E-state index contributed by atoms with van der Waals surface area (Å²) in [6.07, 6.45) is 2.25. The highest BCUT2D eigenvalue weighted by Gasteiger charge is 2.31. The molecule has 3 aliphatic rings. The number of aromatic nitrogens is 3. The minimum atomic E-state index is -1.13. The van der Waals surface area contributed by atoms with Crippen molar-refractivity contribution in [2.45, 2.75) is 118 Å². The zero-order valence-corrected chi connectivity index (χ0v) is 56.2. The molecule has 0 radical (unpaired) electrons. The molecule has 2 aliphatic heterocycles. The van der Waals surface area contributed by atoms with Crippen LogP contribution in [0.2, 0.25) is 5.02 Å². The number of aliphatic hydroxyl groups excluding tert-OH is 1. The molecule has 0 saturated carbocycles. The number of hydrogen-bond donors (Lipinski definition) is 5. The number of nitrogens with zero attached hydrogens (tertiary/aromatic N) is 7. The second-order valence-electron chi connectivity index (χ2n) is 24.4. The largest absolute Gasteiger partial charge is 0.456 e. The predicted molar refractivity (Wildman–Crippen MR) is 369 cm³/mol. The van der Waals surface area contributed by atoms with Crippen LogP contribution < -0.4 is 36.1 Å². The van der Waals surface area contributed by atoms with E-state index in [4.69, 9.17) is 16.0 Å². The Morgan fingerprint density at radius 3 is 2.12 bits per heavy atom. The quantitative estimate of drug-likeness (QED) is 0.0123. The van der Waals surface area contributed by atoms with Gasteiger partial charge in [0.05, 0.1) is 48.1 Å². The van der Waals surface area contributed by atoms with E-state index in [1.807, 2.05) is 44.2 Å². The van der Waals surface area contributed by atoms with Gasteiger partial charge in [0.1, 0.15) is 42.0 Å². The lowest BCUT2D eigenvalue weighted by molar-refractivity contribution is -0.134. The molecule has 3 atom stereocenters. The lowest BCUT2D eigenvalue weighted by Crippen LogP contribution is -2.50. The van der Waals surface area contributed by atoms with Crippen LogP contribution in [0.15, 0.2) is 144 Å². The fraction of sp³-hybridized carbons (Fsp3) is 0.378. The third kappa shape index (κ3) is 18.0. The van der Waals surface area contributed by atoms with E-state index in [1.165, 1.54) is 10.7 Å². The van der Waals surface area contributed by atoms with E-state index in [-0.39, 0.29) is 84.7 Å². The number of carbonyl (C=O) groups excluding carboxylic acids is 7. The number of aliphatic hydroxyl groups is 1. The first-order valence-electron chi connectivity index (χ1n) is 33.2. The van der Waals surface area contributed by atoms with E-state index in [2.05, 4.69) is 105 Å². The number of anilines is 1. The van der Waals surface area contributed by atoms with E-state index >= 15 is 0 Å². The first kappa shape index (κ1) is 70.7. The Balaban J connectivity index is 0.737. The highest BCUT2D eigenvalue weighted by atomic mass is 35.5. The van der Waals surface area contributed by atoms with Crippen molar-refractivity contribution < 1.29 is 47.5 Å². The van der Waals surface area contributed by atoms with Gasteiger partial charge < -0.3 is 45.5 Å². The van der Waals surface area contributed by atoms with Crippen molar-refractivity contribution in [3.05, 3.63) is 189 Å². The molecule has 22 heteroatoms. The van der Waals surface area contributed by atoms with Crippen LogP contribution in [0.5, 0.6) is 0 Å². The molecule has 1 saturated heterocycles. The van der Waals surface area contributed by atoms with Crippen LogP contribution in [0.1, 0.15) is 128 Å². The molecule has 3 heterocycles. The lowest BCUT2D eigenvalue weighted by atomic mass is 9.90. The van der Waals surface area contributed by atoms with Gasteiger partial charge in [-0.25, -0.2) is 13.6 Å². The smallest absolute Gasteiger partial charge is 0.254 e. The molecule has 6 aromatic rings.